The first-order valence-corrected chi connectivity index (χ1v) is 14.7. The molecule has 2 fully saturated rings. The molecule has 1 saturated carbocycles. The number of benzene rings is 3. The highest BCUT2D eigenvalue weighted by molar-refractivity contribution is 5.96. The fourth-order valence-electron chi connectivity index (χ4n) is 5.31. The zero-order valence-electron chi connectivity index (χ0n) is 24.1. The predicted molar refractivity (Wildman–Crippen MR) is 163 cm³/mol. The van der Waals surface area contributed by atoms with Gasteiger partial charge in [-0.3, -0.25) is 19.2 Å². The summed E-state index contributed by atoms with van der Waals surface area (Å²) in [7, 11) is 1.83. The lowest BCUT2D eigenvalue weighted by Gasteiger charge is -2.31. The lowest BCUT2D eigenvalue weighted by molar-refractivity contribution is -0.134. The molecule has 0 radical (unpaired) electrons. The van der Waals surface area contributed by atoms with E-state index in [1.807, 2.05) is 54.4 Å². The smallest absolute Gasteiger partial charge is 0.253 e. The van der Waals surface area contributed by atoms with Crippen LogP contribution in [0.1, 0.15) is 53.6 Å². The molecule has 2 aliphatic rings. The highest BCUT2D eigenvalue weighted by Crippen LogP contribution is 2.27. The Morgan fingerprint density at radius 2 is 1.38 bits per heavy atom. The van der Waals surface area contributed by atoms with Crippen LogP contribution >= 0.6 is 0 Å². The second-order valence-corrected chi connectivity index (χ2v) is 11.3. The Hall–Kier alpha value is -4.46. The van der Waals surface area contributed by atoms with Crippen molar-refractivity contribution in [1.29, 1.82) is 0 Å². The number of hydrogen-bond acceptors (Lipinski definition) is 4. The fourth-order valence-corrected chi connectivity index (χ4v) is 5.31. The SMILES string of the molecule is CN(C(=O)c1ccc(NC(=O)Cc2ccc(NC(=O)C3CCN(C(=O)CCc4ccccc4)CC3)cc2)cc1)C1CC1. The lowest BCUT2D eigenvalue weighted by atomic mass is 9.95. The Morgan fingerprint density at radius 1 is 0.762 bits per heavy atom. The van der Waals surface area contributed by atoms with Crippen LogP contribution < -0.4 is 10.6 Å². The molecule has 8 nitrogen and oxygen atoms in total. The van der Waals surface area contributed by atoms with E-state index in [9.17, 15) is 19.2 Å². The molecule has 1 aliphatic heterocycles. The zero-order valence-corrected chi connectivity index (χ0v) is 24.1. The van der Waals surface area contributed by atoms with Crippen molar-refractivity contribution in [3.63, 3.8) is 0 Å². The van der Waals surface area contributed by atoms with Crippen LogP contribution in [0.5, 0.6) is 0 Å². The van der Waals surface area contributed by atoms with Crippen molar-refractivity contribution >= 4 is 35.0 Å². The maximum atomic E-state index is 12.9. The predicted octanol–water partition coefficient (Wildman–Crippen LogP) is 4.91. The van der Waals surface area contributed by atoms with Gasteiger partial charge in [0.05, 0.1) is 6.42 Å². The summed E-state index contributed by atoms with van der Waals surface area (Å²) in [5, 5.41) is 5.86. The number of rotatable bonds is 10. The second-order valence-electron chi connectivity index (χ2n) is 11.3. The third-order valence-corrected chi connectivity index (χ3v) is 8.11. The van der Waals surface area contributed by atoms with Crippen molar-refractivity contribution in [2.75, 3.05) is 30.8 Å². The zero-order chi connectivity index (χ0) is 29.5. The number of piperidine rings is 1. The van der Waals surface area contributed by atoms with Gasteiger partial charge in [0.25, 0.3) is 5.91 Å². The Balaban J connectivity index is 1.03. The van der Waals surface area contributed by atoms with Crippen molar-refractivity contribution in [3.8, 4) is 0 Å². The Bertz CT molecular complexity index is 1390. The van der Waals surface area contributed by atoms with Gasteiger partial charge in [-0.2, -0.15) is 0 Å². The fraction of sp³-hybridized carbons (Fsp3) is 0.353. The molecular formula is C34H38N4O4. The summed E-state index contributed by atoms with van der Waals surface area (Å²) in [5.74, 6) is -0.198. The summed E-state index contributed by atoms with van der Waals surface area (Å²) in [6.45, 7) is 1.19. The molecule has 3 aromatic carbocycles. The van der Waals surface area contributed by atoms with E-state index >= 15 is 0 Å². The molecule has 1 heterocycles. The second kappa shape index (κ2) is 13.5. The number of carbonyl (C=O) groups excluding carboxylic acids is 4. The monoisotopic (exact) mass is 566 g/mol. The van der Waals surface area contributed by atoms with Gasteiger partial charge in [0, 0.05) is 55.5 Å². The van der Waals surface area contributed by atoms with E-state index < -0.39 is 0 Å². The van der Waals surface area contributed by atoms with Crippen LogP contribution in [0.2, 0.25) is 0 Å². The number of nitrogens with zero attached hydrogens (tertiary/aromatic N) is 2. The normalized spacial score (nSPS) is 15.1. The highest BCUT2D eigenvalue weighted by atomic mass is 16.2. The molecule has 42 heavy (non-hydrogen) atoms. The molecule has 0 aromatic heterocycles. The van der Waals surface area contributed by atoms with Crippen LogP contribution in [0.3, 0.4) is 0 Å². The molecule has 1 saturated heterocycles. The number of hydrogen-bond donors (Lipinski definition) is 2. The van der Waals surface area contributed by atoms with Crippen LogP contribution in [0.15, 0.2) is 78.9 Å². The van der Waals surface area contributed by atoms with E-state index in [2.05, 4.69) is 10.6 Å². The van der Waals surface area contributed by atoms with E-state index in [1.165, 1.54) is 0 Å². The van der Waals surface area contributed by atoms with Crippen LogP contribution in [0.25, 0.3) is 0 Å². The van der Waals surface area contributed by atoms with Gasteiger partial charge >= 0.3 is 0 Å². The van der Waals surface area contributed by atoms with Gasteiger partial charge in [-0.15, -0.1) is 0 Å². The van der Waals surface area contributed by atoms with Crippen molar-refractivity contribution in [1.82, 2.24) is 9.80 Å². The largest absolute Gasteiger partial charge is 0.343 e. The molecule has 1 aliphatic carbocycles. The molecule has 0 atom stereocenters. The minimum Gasteiger partial charge on any atom is -0.343 e. The molecule has 0 spiro atoms. The molecule has 5 rings (SSSR count). The first-order valence-electron chi connectivity index (χ1n) is 14.7. The molecule has 8 heteroatoms. The Kier molecular flexibility index (Phi) is 9.31. The first-order chi connectivity index (χ1) is 20.4. The number of amides is 4. The maximum absolute atomic E-state index is 12.9. The number of nitrogens with one attached hydrogen (secondary N) is 2. The summed E-state index contributed by atoms with van der Waals surface area (Å²) in [6.07, 6.45) is 4.81. The Labute approximate surface area is 247 Å². The van der Waals surface area contributed by atoms with Gasteiger partial charge in [0.15, 0.2) is 0 Å². The van der Waals surface area contributed by atoms with E-state index in [1.54, 1.807) is 41.3 Å². The van der Waals surface area contributed by atoms with Gasteiger partial charge in [-0.05, 0) is 79.6 Å². The average Bonchev–Trinajstić information content (AvgIpc) is 3.87. The molecule has 0 unspecified atom stereocenters. The third kappa shape index (κ3) is 7.84. The van der Waals surface area contributed by atoms with Crippen molar-refractivity contribution < 1.29 is 19.2 Å². The minimum absolute atomic E-state index is 0.00218. The summed E-state index contributed by atoms with van der Waals surface area (Å²) in [5.41, 5.74) is 3.91. The number of anilines is 2. The van der Waals surface area contributed by atoms with E-state index in [4.69, 9.17) is 0 Å². The van der Waals surface area contributed by atoms with Crippen LogP contribution in [-0.2, 0) is 27.2 Å². The maximum Gasteiger partial charge on any atom is 0.253 e. The lowest BCUT2D eigenvalue weighted by Crippen LogP contribution is -2.41. The summed E-state index contributed by atoms with van der Waals surface area (Å²) >= 11 is 0. The van der Waals surface area contributed by atoms with E-state index in [0.29, 0.717) is 55.3 Å². The van der Waals surface area contributed by atoms with E-state index in [-0.39, 0.29) is 36.0 Å². The molecule has 218 valence electrons. The van der Waals surface area contributed by atoms with E-state index in [0.717, 1.165) is 30.4 Å². The standard InChI is InChI=1S/C34H38N4O4/c1-37(30-16-17-30)34(42)27-10-14-28(15-11-27)35-31(39)23-25-7-12-29(13-8-25)36-33(41)26-19-21-38(22-20-26)32(40)18-9-24-5-3-2-4-6-24/h2-8,10-15,26,30H,9,16-23H2,1H3,(H,35,39)(H,36,41). The van der Waals surface area contributed by atoms with Crippen LogP contribution in [-0.4, -0.2) is 59.6 Å². The summed E-state index contributed by atoms with van der Waals surface area (Å²) in [6, 6.07) is 24.6. The van der Waals surface area contributed by atoms with Gasteiger partial charge < -0.3 is 20.4 Å². The summed E-state index contributed by atoms with van der Waals surface area (Å²) in [4.78, 5) is 54.2. The van der Waals surface area contributed by atoms with Crippen molar-refractivity contribution in [2.45, 2.75) is 51.0 Å². The molecule has 0 bridgehead atoms. The molecule has 3 aromatic rings. The van der Waals surface area contributed by atoms with Gasteiger partial charge in [0.1, 0.15) is 0 Å². The molecular weight excluding hydrogens is 528 g/mol. The number of carbonyl (C=O) groups is 4. The number of likely N-dealkylation sites (tertiary alicyclic amines) is 1. The summed E-state index contributed by atoms with van der Waals surface area (Å²) < 4.78 is 0. The Morgan fingerprint density at radius 3 is 2.02 bits per heavy atom. The van der Waals surface area contributed by atoms with Gasteiger partial charge in [0.2, 0.25) is 17.7 Å². The van der Waals surface area contributed by atoms with Crippen LogP contribution in [0.4, 0.5) is 11.4 Å². The van der Waals surface area contributed by atoms with Gasteiger partial charge in [-0.1, -0.05) is 42.5 Å². The van der Waals surface area contributed by atoms with Crippen LogP contribution in [0, 0.1) is 5.92 Å². The quantitative estimate of drug-likeness (QED) is 0.364. The highest BCUT2D eigenvalue weighted by Gasteiger charge is 2.30. The number of aryl methyl sites for hydroxylation is 1. The topological polar surface area (TPSA) is 98.8 Å². The van der Waals surface area contributed by atoms with Crippen molar-refractivity contribution in [3.05, 3.63) is 95.6 Å². The average molecular weight is 567 g/mol. The van der Waals surface area contributed by atoms with Crippen molar-refractivity contribution in [2.24, 2.45) is 5.92 Å². The molecule has 4 amide bonds. The molecule has 2 N–H and O–H groups in total. The third-order valence-electron chi connectivity index (χ3n) is 8.11. The first kappa shape index (κ1) is 29.0. The van der Waals surface area contributed by atoms with Gasteiger partial charge in [-0.25, -0.2) is 0 Å². The minimum atomic E-state index is -0.161.